The average Bonchev–Trinajstić information content (AvgIpc) is 3.39. The van der Waals surface area contributed by atoms with Crippen LogP contribution in [0.1, 0.15) is 55.0 Å². The first-order valence-corrected chi connectivity index (χ1v) is 9.25. The lowest BCUT2D eigenvalue weighted by Crippen LogP contribution is -2.62. The van der Waals surface area contributed by atoms with Gasteiger partial charge in [-0.05, 0) is 32.3 Å². The zero-order valence-electron chi connectivity index (χ0n) is 14.3. The van der Waals surface area contributed by atoms with E-state index in [1.54, 1.807) is 22.3 Å². The number of hydrogen-bond donors (Lipinski definition) is 0. The maximum atomic E-state index is 2.54. The highest BCUT2D eigenvalue weighted by Gasteiger charge is 2.64. The molecule has 2 aromatic carbocycles. The molecular weight excluding hydrogens is 278 g/mol. The second-order valence-corrected chi connectivity index (χ2v) is 8.01. The van der Waals surface area contributed by atoms with E-state index in [9.17, 15) is 0 Å². The van der Waals surface area contributed by atoms with Gasteiger partial charge in [0.25, 0.3) is 0 Å². The molecule has 0 saturated heterocycles. The van der Waals surface area contributed by atoms with Crippen molar-refractivity contribution in [2.75, 3.05) is 13.1 Å². The number of fused-ring (bicyclic) bond motifs is 7. The van der Waals surface area contributed by atoms with E-state index in [1.807, 2.05) is 0 Å². The minimum Gasteiger partial charge on any atom is -0.305 e. The number of nitrogens with zero attached hydrogens (tertiary/aromatic N) is 1. The van der Waals surface area contributed by atoms with E-state index >= 15 is 0 Å². The van der Waals surface area contributed by atoms with E-state index in [0.717, 1.165) is 5.92 Å². The van der Waals surface area contributed by atoms with Gasteiger partial charge < -0.3 is 4.48 Å². The summed E-state index contributed by atoms with van der Waals surface area (Å²) in [6.45, 7) is 7.56. The van der Waals surface area contributed by atoms with Gasteiger partial charge in [0, 0.05) is 29.0 Å². The molecule has 1 saturated carbocycles. The second kappa shape index (κ2) is 4.48. The summed E-state index contributed by atoms with van der Waals surface area (Å²) in [6.07, 6.45) is 4.10. The minimum atomic E-state index is 0.132. The third kappa shape index (κ3) is 1.57. The van der Waals surface area contributed by atoms with Crippen molar-refractivity contribution < 1.29 is 4.48 Å². The Labute approximate surface area is 139 Å². The van der Waals surface area contributed by atoms with Crippen LogP contribution < -0.4 is 0 Å². The van der Waals surface area contributed by atoms with Crippen LogP contribution in [-0.4, -0.2) is 17.6 Å². The highest BCUT2D eigenvalue weighted by atomic mass is 15.5. The van der Waals surface area contributed by atoms with Crippen LogP contribution >= 0.6 is 0 Å². The SMILES string of the molecule is CC[N@@+]1(CC2CC2)[C@H]2Cc3ccccc3[C@]1(C)c1ccccc12. The largest absolute Gasteiger partial charge is 0.305 e. The first-order valence-electron chi connectivity index (χ1n) is 9.25. The first kappa shape index (κ1) is 13.8. The maximum Gasteiger partial charge on any atom is 0.149 e. The van der Waals surface area contributed by atoms with E-state index in [1.165, 1.54) is 36.8 Å². The quantitative estimate of drug-likeness (QED) is 0.714. The summed E-state index contributed by atoms with van der Waals surface area (Å²) in [5.41, 5.74) is 6.51. The Balaban J connectivity index is 1.82. The van der Waals surface area contributed by atoms with Crippen molar-refractivity contribution in [3.8, 4) is 0 Å². The molecule has 3 aliphatic rings. The Morgan fingerprint density at radius 3 is 2.43 bits per heavy atom. The molecule has 0 aromatic heterocycles. The Hall–Kier alpha value is -1.60. The van der Waals surface area contributed by atoms with E-state index in [0.29, 0.717) is 6.04 Å². The summed E-state index contributed by atoms with van der Waals surface area (Å²) in [4.78, 5) is 0. The average molecular weight is 304 g/mol. The predicted octanol–water partition coefficient (Wildman–Crippen LogP) is 4.81. The van der Waals surface area contributed by atoms with Gasteiger partial charge in [-0.15, -0.1) is 0 Å². The van der Waals surface area contributed by atoms with Gasteiger partial charge in [0.15, 0.2) is 0 Å². The molecule has 5 rings (SSSR count). The fraction of sp³-hybridized carbons (Fsp3) is 0.455. The van der Waals surface area contributed by atoms with Gasteiger partial charge in [-0.3, -0.25) is 0 Å². The van der Waals surface area contributed by atoms with Gasteiger partial charge in [-0.2, -0.15) is 0 Å². The van der Waals surface area contributed by atoms with Crippen LogP contribution in [0.5, 0.6) is 0 Å². The molecule has 0 radical (unpaired) electrons. The topological polar surface area (TPSA) is 0 Å². The molecule has 1 fully saturated rings. The third-order valence-electron chi connectivity index (χ3n) is 7.13. The van der Waals surface area contributed by atoms with Gasteiger partial charge in [-0.1, -0.05) is 48.5 Å². The molecule has 2 heterocycles. The summed E-state index contributed by atoms with van der Waals surface area (Å²) in [5.74, 6) is 0.955. The molecule has 3 atom stereocenters. The van der Waals surface area contributed by atoms with E-state index in [4.69, 9.17) is 0 Å². The molecule has 2 aliphatic heterocycles. The molecule has 0 amide bonds. The summed E-state index contributed by atoms with van der Waals surface area (Å²) < 4.78 is 1.26. The lowest BCUT2D eigenvalue weighted by molar-refractivity contribution is -0.998. The Morgan fingerprint density at radius 1 is 1.00 bits per heavy atom. The normalized spacial score (nSPS) is 34.1. The predicted molar refractivity (Wildman–Crippen MR) is 94.2 cm³/mol. The molecule has 0 unspecified atom stereocenters. The summed E-state index contributed by atoms with van der Waals surface area (Å²) in [6, 6.07) is 19.2. The van der Waals surface area contributed by atoms with Crippen molar-refractivity contribution in [3.63, 3.8) is 0 Å². The van der Waals surface area contributed by atoms with Gasteiger partial charge in [0.2, 0.25) is 0 Å². The van der Waals surface area contributed by atoms with Crippen LogP contribution in [0.15, 0.2) is 48.5 Å². The molecule has 2 aromatic rings. The number of rotatable bonds is 3. The Bertz CT molecular complexity index is 762. The number of hydrogen-bond acceptors (Lipinski definition) is 0. The molecule has 1 heteroatoms. The molecule has 2 bridgehead atoms. The van der Waals surface area contributed by atoms with Crippen LogP contribution in [0.2, 0.25) is 0 Å². The Kier molecular flexibility index (Phi) is 2.69. The smallest absolute Gasteiger partial charge is 0.149 e. The van der Waals surface area contributed by atoms with Crippen LogP contribution in [0.3, 0.4) is 0 Å². The van der Waals surface area contributed by atoms with Crippen molar-refractivity contribution in [2.24, 2.45) is 5.92 Å². The van der Waals surface area contributed by atoms with Crippen molar-refractivity contribution in [1.82, 2.24) is 0 Å². The first-order chi connectivity index (χ1) is 11.2. The summed E-state index contributed by atoms with van der Waals surface area (Å²) in [5, 5.41) is 0. The lowest BCUT2D eigenvalue weighted by atomic mass is 9.78. The van der Waals surface area contributed by atoms with E-state index < -0.39 is 0 Å². The van der Waals surface area contributed by atoms with E-state index in [-0.39, 0.29) is 5.54 Å². The second-order valence-electron chi connectivity index (χ2n) is 8.01. The molecular formula is C22H26N+. The summed E-state index contributed by atoms with van der Waals surface area (Å²) >= 11 is 0. The van der Waals surface area contributed by atoms with Gasteiger partial charge >= 0.3 is 0 Å². The molecule has 0 spiro atoms. The molecule has 0 N–H and O–H groups in total. The van der Waals surface area contributed by atoms with Gasteiger partial charge in [0.1, 0.15) is 11.6 Å². The zero-order chi connectivity index (χ0) is 15.7. The van der Waals surface area contributed by atoms with Crippen LogP contribution in [0, 0.1) is 5.92 Å². The molecule has 1 nitrogen and oxygen atoms in total. The fourth-order valence-electron chi connectivity index (χ4n) is 5.84. The summed E-state index contributed by atoms with van der Waals surface area (Å²) in [7, 11) is 0. The molecule has 118 valence electrons. The van der Waals surface area contributed by atoms with Crippen molar-refractivity contribution in [1.29, 1.82) is 0 Å². The Morgan fingerprint density at radius 2 is 1.70 bits per heavy atom. The van der Waals surface area contributed by atoms with E-state index in [2.05, 4.69) is 62.4 Å². The minimum absolute atomic E-state index is 0.132. The van der Waals surface area contributed by atoms with Gasteiger partial charge in [0.05, 0.1) is 13.1 Å². The molecule has 1 aliphatic carbocycles. The third-order valence-corrected chi connectivity index (χ3v) is 7.13. The maximum absolute atomic E-state index is 2.54. The van der Waals surface area contributed by atoms with Crippen LogP contribution in [-0.2, 0) is 12.0 Å². The molecule has 23 heavy (non-hydrogen) atoms. The number of likely N-dealkylation sites (N-methyl/N-ethyl adjacent to an activating group) is 1. The highest BCUT2D eigenvalue weighted by Crippen LogP contribution is 2.61. The fourth-order valence-corrected chi connectivity index (χ4v) is 5.84. The van der Waals surface area contributed by atoms with Crippen molar-refractivity contribution in [3.05, 3.63) is 70.8 Å². The number of quaternary nitrogens is 1. The zero-order valence-corrected chi connectivity index (χ0v) is 14.3. The van der Waals surface area contributed by atoms with Gasteiger partial charge in [-0.25, -0.2) is 0 Å². The van der Waals surface area contributed by atoms with Crippen molar-refractivity contribution in [2.45, 2.75) is 44.7 Å². The van der Waals surface area contributed by atoms with Crippen LogP contribution in [0.4, 0.5) is 0 Å². The number of benzene rings is 2. The lowest BCUT2D eigenvalue weighted by Gasteiger charge is -2.54. The monoisotopic (exact) mass is 304 g/mol. The van der Waals surface area contributed by atoms with Crippen LogP contribution in [0.25, 0.3) is 0 Å². The standard InChI is InChI=1S/C22H26N/c1-3-23(15-16-12-13-16)21-14-17-8-4-6-10-19(17)22(23,2)20-11-7-5-9-18(20)21/h4-11,16,21H,3,12-15H2,1-2H3/q+1/t21-,22+,23+/m0/s1. The van der Waals surface area contributed by atoms with Crippen molar-refractivity contribution >= 4 is 0 Å². The highest BCUT2D eigenvalue weighted by molar-refractivity contribution is 5.51.